The highest BCUT2D eigenvalue weighted by atomic mass is 19.1. The Balaban J connectivity index is 1.53. The van der Waals surface area contributed by atoms with Gasteiger partial charge in [0, 0.05) is 11.0 Å². The third-order valence-corrected chi connectivity index (χ3v) is 5.08. The molecule has 4 aromatic rings. The molecule has 3 aromatic carbocycles. The number of carbonyl (C=O) groups excluding carboxylic acids is 1. The first kappa shape index (κ1) is 20.3. The zero-order chi connectivity index (χ0) is 21.8. The molecule has 4 nitrogen and oxygen atoms in total. The number of para-hydroxylation sites is 1. The van der Waals surface area contributed by atoms with Crippen LogP contribution in [-0.4, -0.2) is 10.9 Å². The van der Waals surface area contributed by atoms with E-state index in [-0.39, 0.29) is 5.82 Å². The van der Waals surface area contributed by atoms with Gasteiger partial charge < -0.3 is 10.5 Å². The summed E-state index contributed by atoms with van der Waals surface area (Å²) < 4.78 is 19.1. The molecule has 0 aliphatic carbocycles. The minimum absolute atomic E-state index is 0.331. The molecule has 0 atom stereocenters. The van der Waals surface area contributed by atoms with E-state index in [1.54, 1.807) is 43.3 Å². The molecule has 154 valence electrons. The molecule has 0 saturated carbocycles. The van der Waals surface area contributed by atoms with Gasteiger partial charge >= 0.3 is 0 Å². The van der Waals surface area contributed by atoms with Gasteiger partial charge in [0.15, 0.2) is 0 Å². The Hall–Kier alpha value is -3.99. The smallest absolute Gasteiger partial charge is 0.249 e. The number of allylic oxidation sites excluding steroid dienone is 1. The van der Waals surface area contributed by atoms with E-state index < -0.39 is 5.91 Å². The number of pyridine rings is 1. The Kier molecular flexibility index (Phi) is 5.76. The van der Waals surface area contributed by atoms with Gasteiger partial charge in [0.25, 0.3) is 0 Å². The largest absolute Gasteiger partial charge is 0.487 e. The van der Waals surface area contributed by atoms with Crippen LogP contribution < -0.4 is 10.5 Å². The number of rotatable bonds is 6. The van der Waals surface area contributed by atoms with Gasteiger partial charge in [-0.05, 0) is 60.0 Å². The number of halogens is 1. The average Bonchev–Trinajstić information content (AvgIpc) is 2.78. The van der Waals surface area contributed by atoms with Crippen LogP contribution in [0.1, 0.15) is 23.7 Å². The van der Waals surface area contributed by atoms with Gasteiger partial charge in [0.1, 0.15) is 18.2 Å². The highest BCUT2D eigenvalue weighted by molar-refractivity contribution is 6.26. The van der Waals surface area contributed by atoms with Crippen molar-refractivity contribution in [2.45, 2.75) is 13.5 Å². The fourth-order valence-corrected chi connectivity index (χ4v) is 3.45. The summed E-state index contributed by atoms with van der Waals surface area (Å²) in [6.07, 6.45) is 0. The number of hydrogen-bond donors (Lipinski definition) is 1. The van der Waals surface area contributed by atoms with Crippen LogP contribution in [0, 0.1) is 5.82 Å². The van der Waals surface area contributed by atoms with E-state index in [0.717, 1.165) is 22.2 Å². The zero-order valence-electron chi connectivity index (χ0n) is 17.0. The summed E-state index contributed by atoms with van der Waals surface area (Å²) in [7, 11) is 0. The van der Waals surface area contributed by atoms with Gasteiger partial charge in [-0.1, -0.05) is 48.5 Å². The highest BCUT2D eigenvalue weighted by Gasteiger charge is 2.14. The third-order valence-electron chi connectivity index (χ3n) is 5.08. The second-order valence-corrected chi connectivity index (χ2v) is 7.18. The lowest BCUT2D eigenvalue weighted by Gasteiger charge is -2.12. The maximum absolute atomic E-state index is 13.2. The van der Waals surface area contributed by atoms with Crippen molar-refractivity contribution in [1.29, 1.82) is 0 Å². The summed E-state index contributed by atoms with van der Waals surface area (Å²) in [4.78, 5) is 16.7. The quantitative estimate of drug-likeness (QED) is 0.342. The lowest BCUT2D eigenvalue weighted by Crippen LogP contribution is -2.14. The summed E-state index contributed by atoms with van der Waals surface area (Å²) in [5, 5.41) is 1.08. The van der Waals surface area contributed by atoms with Crippen molar-refractivity contribution in [2.75, 3.05) is 0 Å². The number of fused-ring (bicyclic) bond motifs is 1. The van der Waals surface area contributed by atoms with E-state index in [9.17, 15) is 9.18 Å². The van der Waals surface area contributed by atoms with E-state index in [0.29, 0.717) is 29.1 Å². The molecule has 0 aliphatic rings. The standard InChI is InChI=1S/C26H21FN2O2/c1-17(18-6-11-21(27)12-7-18)25(26(28)30)20-9-14-23(15-10-20)31-16-22-13-8-19-4-2-3-5-24(19)29-22/h2-15H,16H2,1H3,(H2,28,30). The van der Waals surface area contributed by atoms with Crippen molar-refractivity contribution in [3.05, 3.63) is 108 Å². The van der Waals surface area contributed by atoms with E-state index in [2.05, 4.69) is 4.98 Å². The monoisotopic (exact) mass is 412 g/mol. The molecule has 4 rings (SSSR count). The van der Waals surface area contributed by atoms with Gasteiger partial charge in [-0.25, -0.2) is 9.37 Å². The minimum Gasteiger partial charge on any atom is -0.487 e. The van der Waals surface area contributed by atoms with Crippen molar-refractivity contribution in [2.24, 2.45) is 5.73 Å². The van der Waals surface area contributed by atoms with Crippen molar-refractivity contribution >= 4 is 28.0 Å². The minimum atomic E-state index is -0.546. The molecule has 31 heavy (non-hydrogen) atoms. The summed E-state index contributed by atoms with van der Waals surface area (Å²) in [6, 6.07) is 25.0. The summed E-state index contributed by atoms with van der Waals surface area (Å²) >= 11 is 0. The normalized spacial score (nSPS) is 11.8. The Labute approximate surface area is 179 Å². The Morgan fingerprint density at radius 2 is 1.58 bits per heavy atom. The number of primary amides is 1. The fraction of sp³-hybridized carbons (Fsp3) is 0.0769. The second kappa shape index (κ2) is 8.79. The average molecular weight is 412 g/mol. The van der Waals surface area contributed by atoms with E-state index >= 15 is 0 Å². The molecule has 1 aromatic heterocycles. The van der Waals surface area contributed by atoms with Crippen molar-refractivity contribution < 1.29 is 13.9 Å². The molecule has 0 saturated heterocycles. The number of benzene rings is 3. The molecule has 0 spiro atoms. The van der Waals surface area contributed by atoms with Crippen LogP contribution in [0.5, 0.6) is 5.75 Å². The molecule has 0 bridgehead atoms. The highest BCUT2D eigenvalue weighted by Crippen LogP contribution is 2.27. The van der Waals surface area contributed by atoms with E-state index in [1.807, 2.05) is 36.4 Å². The molecule has 1 amide bonds. The number of nitrogens with zero attached hydrogens (tertiary/aromatic N) is 1. The summed E-state index contributed by atoms with van der Waals surface area (Å²) in [6.45, 7) is 2.13. The summed E-state index contributed by atoms with van der Waals surface area (Å²) in [5.41, 5.74) is 9.87. The van der Waals surface area contributed by atoms with Gasteiger partial charge in [-0.2, -0.15) is 0 Å². The lowest BCUT2D eigenvalue weighted by atomic mass is 9.95. The van der Waals surface area contributed by atoms with Crippen LogP contribution in [0.3, 0.4) is 0 Å². The predicted octanol–water partition coefficient (Wildman–Crippen LogP) is 5.37. The topological polar surface area (TPSA) is 65.2 Å². The van der Waals surface area contributed by atoms with E-state index in [4.69, 9.17) is 10.5 Å². The molecule has 1 heterocycles. The predicted molar refractivity (Wildman–Crippen MR) is 121 cm³/mol. The third kappa shape index (κ3) is 4.61. The van der Waals surface area contributed by atoms with Crippen LogP contribution in [0.25, 0.3) is 22.0 Å². The van der Waals surface area contributed by atoms with Gasteiger partial charge in [0.05, 0.1) is 11.2 Å². The number of aromatic nitrogens is 1. The van der Waals surface area contributed by atoms with Crippen molar-refractivity contribution in [3.63, 3.8) is 0 Å². The SMILES string of the molecule is CC(=C(C(N)=O)c1ccc(OCc2ccc3ccccc3n2)cc1)c1ccc(F)cc1. The number of hydrogen-bond acceptors (Lipinski definition) is 3. The first-order valence-electron chi connectivity index (χ1n) is 9.86. The first-order valence-corrected chi connectivity index (χ1v) is 9.86. The maximum Gasteiger partial charge on any atom is 0.249 e. The molecule has 5 heteroatoms. The number of nitrogens with two attached hydrogens (primary N) is 1. The molecule has 2 N–H and O–H groups in total. The Morgan fingerprint density at radius 1 is 0.903 bits per heavy atom. The van der Waals surface area contributed by atoms with Gasteiger partial charge in [0.2, 0.25) is 5.91 Å². The van der Waals surface area contributed by atoms with Gasteiger partial charge in [-0.15, -0.1) is 0 Å². The van der Waals surface area contributed by atoms with Crippen LogP contribution in [-0.2, 0) is 11.4 Å². The first-order chi connectivity index (χ1) is 15.0. The Bertz CT molecular complexity index is 1260. The molecule has 0 radical (unpaired) electrons. The number of carbonyl (C=O) groups is 1. The van der Waals surface area contributed by atoms with Crippen molar-refractivity contribution in [3.8, 4) is 5.75 Å². The fourth-order valence-electron chi connectivity index (χ4n) is 3.45. The lowest BCUT2D eigenvalue weighted by molar-refractivity contribution is -0.112. The van der Waals surface area contributed by atoms with Crippen molar-refractivity contribution in [1.82, 2.24) is 4.98 Å². The van der Waals surface area contributed by atoms with Gasteiger partial charge in [-0.3, -0.25) is 4.79 Å². The molecule has 0 aliphatic heterocycles. The number of amides is 1. The second-order valence-electron chi connectivity index (χ2n) is 7.18. The van der Waals surface area contributed by atoms with Crippen LogP contribution in [0.4, 0.5) is 4.39 Å². The Morgan fingerprint density at radius 3 is 2.29 bits per heavy atom. The van der Waals surface area contributed by atoms with E-state index in [1.165, 1.54) is 12.1 Å². The maximum atomic E-state index is 13.2. The molecule has 0 fully saturated rings. The molecular weight excluding hydrogens is 391 g/mol. The zero-order valence-corrected chi connectivity index (χ0v) is 17.0. The molecular formula is C26H21FN2O2. The van der Waals surface area contributed by atoms with Crippen LogP contribution >= 0.6 is 0 Å². The number of ether oxygens (including phenoxy) is 1. The van der Waals surface area contributed by atoms with Crippen LogP contribution in [0.15, 0.2) is 84.9 Å². The van der Waals surface area contributed by atoms with Crippen LogP contribution in [0.2, 0.25) is 0 Å². The summed E-state index contributed by atoms with van der Waals surface area (Å²) in [5.74, 6) is -0.225. The molecule has 0 unspecified atom stereocenters.